The summed E-state index contributed by atoms with van der Waals surface area (Å²) in [5.41, 5.74) is 22.1. The molecule has 0 aliphatic carbocycles. The van der Waals surface area contributed by atoms with E-state index in [1.807, 2.05) is 7.05 Å². The highest BCUT2D eigenvalue weighted by Crippen LogP contribution is 2.48. The van der Waals surface area contributed by atoms with E-state index in [9.17, 15) is 0 Å². The molecule has 0 spiro atoms. The summed E-state index contributed by atoms with van der Waals surface area (Å²) in [7, 11) is 1.99. The van der Waals surface area contributed by atoms with Gasteiger partial charge in [0.15, 0.2) is 0 Å². The topological polar surface area (TPSA) is 21.8 Å². The number of hydrogen-bond donors (Lipinski definition) is 1. The van der Waals surface area contributed by atoms with Gasteiger partial charge in [0.1, 0.15) is 0 Å². The van der Waals surface area contributed by atoms with Crippen LogP contribution in [-0.4, -0.2) is 13.8 Å². The molecule has 0 bridgehead atoms. The van der Waals surface area contributed by atoms with Crippen LogP contribution in [0.3, 0.4) is 0 Å². The standard InChI is InChI=1S/C60H67BN4/c1-39-15-24-47(25-16-39)64-52-34-21-42(59(8,9)10)35-51(52)61-50-33-32-49(63(45-26-17-40(18-27-45)57(2,3)4)46-28-19-41(20-29-46)58(5,6)7)38-53(50)65(48-30-22-44(62-14)23-31-48)55-37-43(60(11,12)13)36-54(64)56(55)61/h15-38,62H,1-14H3. The van der Waals surface area contributed by atoms with Crippen LogP contribution in [0.4, 0.5) is 56.9 Å². The van der Waals surface area contributed by atoms with E-state index in [4.69, 9.17) is 0 Å². The first-order valence-corrected chi connectivity index (χ1v) is 23.5. The minimum absolute atomic E-state index is 0.00418. The van der Waals surface area contributed by atoms with Crippen LogP contribution in [0.25, 0.3) is 0 Å². The Morgan fingerprint density at radius 3 is 1.32 bits per heavy atom. The van der Waals surface area contributed by atoms with Crippen molar-refractivity contribution in [2.45, 2.75) is 112 Å². The van der Waals surface area contributed by atoms with E-state index in [2.05, 4.69) is 256 Å². The van der Waals surface area contributed by atoms with Crippen LogP contribution in [0, 0.1) is 6.92 Å². The second-order valence-corrected chi connectivity index (χ2v) is 22.6. The van der Waals surface area contributed by atoms with Crippen LogP contribution < -0.4 is 36.4 Å². The van der Waals surface area contributed by atoms with Crippen LogP contribution in [-0.2, 0) is 21.7 Å². The Hall–Kier alpha value is -6.20. The molecule has 0 saturated heterocycles. The average Bonchev–Trinajstić information content (AvgIpc) is 3.25. The van der Waals surface area contributed by atoms with Crippen molar-refractivity contribution < 1.29 is 0 Å². The van der Waals surface area contributed by atoms with E-state index in [0.717, 1.165) is 28.4 Å². The number of nitrogens with zero attached hydrogens (tertiary/aromatic N) is 3. The molecule has 0 saturated carbocycles. The van der Waals surface area contributed by atoms with Crippen molar-refractivity contribution in [1.82, 2.24) is 0 Å². The zero-order valence-corrected chi connectivity index (χ0v) is 41.3. The first-order valence-electron chi connectivity index (χ1n) is 23.5. The summed E-state index contributed by atoms with van der Waals surface area (Å²) in [4.78, 5) is 7.54. The molecule has 2 heterocycles. The predicted octanol–water partition coefficient (Wildman–Crippen LogP) is 14.8. The maximum atomic E-state index is 3.37. The van der Waals surface area contributed by atoms with Gasteiger partial charge in [0, 0.05) is 63.9 Å². The molecule has 0 unspecified atom stereocenters. The maximum Gasteiger partial charge on any atom is 0.252 e. The molecule has 65 heavy (non-hydrogen) atoms. The van der Waals surface area contributed by atoms with Crippen LogP contribution in [0.1, 0.15) is 111 Å². The zero-order valence-electron chi connectivity index (χ0n) is 41.3. The summed E-state index contributed by atoms with van der Waals surface area (Å²) in [6.07, 6.45) is 0. The molecule has 2 aliphatic rings. The Kier molecular flexibility index (Phi) is 10.7. The van der Waals surface area contributed by atoms with Crippen molar-refractivity contribution in [2.24, 2.45) is 0 Å². The van der Waals surface area contributed by atoms with Crippen molar-refractivity contribution in [3.05, 3.63) is 173 Å². The van der Waals surface area contributed by atoms with E-state index in [1.165, 1.54) is 72.6 Å². The molecule has 1 N–H and O–H groups in total. The Labute approximate surface area is 390 Å². The molecule has 0 aromatic heterocycles. The van der Waals surface area contributed by atoms with Crippen LogP contribution in [0.5, 0.6) is 0 Å². The normalized spacial score (nSPS) is 13.6. The molecule has 7 aromatic rings. The minimum Gasteiger partial charge on any atom is -0.388 e. The van der Waals surface area contributed by atoms with Crippen molar-refractivity contribution in [3.8, 4) is 0 Å². The lowest BCUT2D eigenvalue weighted by Crippen LogP contribution is -2.61. The molecule has 0 atom stereocenters. The molecular weight excluding hydrogens is 787 g/mol. The zero-order chi connectivity index (χ0) is 46.4. The molecule has 5 heteroatoms. The molecule has 4 nitrogen and oxygen atoms in total. The van der Waals surface area contributed by atoms with E-state index >= 15 is 0 Å². The second kappa shape index (κ2) is 15.8. The molecule has 330 valence electrons. The largest absolute Gasteiger partial charge is 0.388 e. The molecule has 2 aliphatic heterocycles. The first-order chi connectivity index (χ1) is 30.6. The van der Waals surface area contributed by atoms with Crippen molar-refractivity contribution >= 4 is 80.0 Å². The molecule has 7 aromatic carbocycles. The van der Waals surface area contributed by atoms with Gasteiger partial charge in [-0.15, -0.1) is 0 Å². The second-order valence-electron chi connectivity index (χ2n) is 22.6. The van der Waals surface area contributed by atoms with Gasteiger partial charge in [0.25, 0.3) is 6.71 Å². The van der Waals surface area contributed by atoms with Crippen LogP contribution >= 0.6 is 0 Å². The van der Waals surface area contributed by atoms with Crippen molar-refractivity contribution in [1.29, 1.82) is 0 Å². The number of anilines is 10. The van der Waals surface area contributed by atoms with Gasteiger partial charge in [-0.1, -0.05) is 143 Å². The van der Waals surface area contributed by atoms with Gasteiger partial charge >= 0.3 is 0 Å². The lowest BCUT2D eigenvalue weighted by atomic mass is 9.33. The van der Waals surface area contributed by atoms with Gasteiger partial charge in [-0.3, -0.25) is 0 Å². The minimum atomic E-state index is -0.116. The summed E-state index contributed by atoms with van der Waals surface area (Å²) in [6, 6.07) is 56.0. The van der Waals surface area contributed by atoms with Gasteiger partial charge in [0.05, 0.1) is 0 Å². The van der Waals surface area contributed by atoms with Crippen molar-refractivity contribution in [2.75, 3.05) is 27.1 Å². The number of nitrogens with one attached hydrogen (secondary N) is 1. The lowest BCUT2D eigenvalue weighted by Gasteiger charge is -2.45. The molecule has 9 rings (SSSR count). The Morgan fingerprint density at radius 2 is 0.846 bits per heavy atom. The smallest absolute Gasteiger partial charge is 0.252 e. The molecule has 0 radical (unpaired) electrons. The number of aryl methyl sites for hydroxylation is 1. The fourth-order valence-electron chi connectivity index (χ4n) is 9.72. The van der Waals surface area contributed by atoms with Gasteiger partial charge in [0.2, 0.25) is 0 Å². The molecule has 0 amide bonds. The predicted molar refractivity (Wildman–Crippen MR) is 284 cm³/mol. The third kappa shape index (κ3) is 8.02. The van der Waals surface area contributed by atoms with E-state index < -0.39 is 0 Å². The number of fused-ring (bicyclic) bond motifs is 4. The Balaban J connectivity index is 1.36. The van der Waals surface area contributed by atoms with E-state index in [0.29, 0.717) is 0 Å². The van der Waals surface area contributed by atoms with Crippen LogP contribution in [0.15, 0.2) is 146 Å². The maximum absolute atomic E-state index is 3.37. The summed E-state index contributed by atoms with van der Waals surface area (Å²) in [5, 5.41) is 3.37. The van der Waals surface area contributed by atoms with E-state index in [1.54, 1.807) is 0 Å². The van der Waals surface area contributed by atoms with E-state index in [-0.39, 0.29) is 28.4 Å². The van der Waals surface area contributed by atoms with Crippen molar-refractivity contribution in [3.63, 3.8) is 0 Å². The van der Waals surface area contributed by atoms with Crippen LogP contribution in [0.2, 0.25) is 0 Å². The summed E-state index contributed by atoms with van der Waals surface area (Å²) in [5.74, 6) is 0. The fourth-order valence-corrected chi connectivity index (χ4v) is 9.72. The summed E-state index contributed by atoms with van der Waals surface area (Å²) < 4.78 is 0. The van der Waals surface area contributed by atoms with Gasteiger partial charge in [-0.25, -0.2) is 0 Å². The lowest BCUT2D eigenvalue weighted by molar-refractivity contribution is 0.590. The third-order valence-corrected chi connectivity index (χ3v) is 13.7. The number of benzene rings is 7. The van der Waals surface area contributed by atoms with Gasteiger partial charge in [-0.05, 0) is 158 Å². The number of rotatable bonds is 6. The SMILES string of the molecule is CNc1ccc(N2c3cc(N(c4ccc(C(C)(C)C)cc4)c4ccc(C(C)(C)C)cc4)ccc3B3c4cc(C(C)(C)C)ccc4N(c4ccc(C)cc4)c4cc(C(C)(C)C)cc2c43)cc1. The third-order valence-electron chi connectivity index (χ3n) is 13.7. The highest BCUT2D eigenvalue weighted by Gasteiger charge is 2.45. The van der Waals surface area contributed by atoms with Gasteiger partial charge < -0.3 is 20.0 Å². The first kappa shape index (κ1) is 44.0. The Morgan fingerprint density at radius 1 is 0.400 bits per heavy atom. The highest BCUT2D eigenvalue weighted by molar-refractivity contribution is 7.00. The molecule has 0 fully saturated rings. The number of hydrogen-bond acceptors (Lipinski definition) is 4. The highest BCUT2D eigenvalue weighted by atomic mass is 15.2. The Bertz CT molecular complexity index is 2820. The summed E-state index contributed by atoms with van der Waals surface area (Å²) in [6.45, 7) is 29.9. The average molecular weight is 855 g/mol. The molecular formula is C60H67BN4. The van der Waals surface area contributed by atoms with Gasteiger partial charge in [-0.2, -0.15) is 0 Å². The fraction of sp³-hybridized carbons (Fsp3) is 0.300. The quantitative estimate of drug-likeness (QED) is 0.168. The monoisotopic (exact) mass is 855 g/mol. The summed E-state index contributed by atoms with van der Waals surface area (Å²) >= 11 is 0.